The van der Waals surface area contributed by atoms with Gasteiger partial charge in [-0.05, 0) is 6.42 Å². The van der Waals surface area contributed by atoms with Crippen molar-refractivity contribution in [1.82, 2.24) is 9.55 Å². The van der Waals surface area contributed by atoms with E-state index in [1.54, 1.807) is 6.20 Å². The lowest BCUT2D eigenvalue weighted by molar-refractivity contribution is -0.109. The zero-order valence-corrected chi connectivity index (χ0v) is 8.55. The van der Waals surface area contributed by atoms with Crippen LogP contribution in [0, 0.1) is 0 Å². The highest BCUT2D eigenvalue weighted by atomic mass is 16.1. The van der Waals surface area contributed by atoms with E-state index >= 15 is 0 Å². The van der Waals surface area contributed by atoms with Gasteiger partial charge in [-0.2, -0.15) is 0 Å². The fourth-order valence-electron chi connectivity index (χ4n) is 1.22. The molecule has 0 aromatic carbocycles. The van der Waals surface area contributed by atoms with E-state index in [1.807, 2.05) is 29.8 Å². The number of aryl methyl sites for hydroxylation is 1. The van der Waals surface area contributed by atoms with Crippen LogP contribution in [0.25, 0.3) is 0 Å². The van der Waals surface area contributed by atoms with Gasteiger partial charge in [0.2, 0.25) is 5.95 Å². The molecule has 5 heteroatoms. The van der Waals surface area contributed by atoms with Crippen LogP contribution < -0.4 is 10.6 Å². The molecule has 1 aromatic rings. The van der Waals surface area contributed by atoms with Crippen LogP contribution in [0.1, 0.15) is 6.42 Å². The third-order valence-electron chi connectivity index (χ3n) is 1.97. The molecule has 1 aromatic heterocycles. The summed E-state index contributed by atoms with van der Waals surface area (Å²) in [5, 5.41) is 0. The third-order valence-corrected chi connectivity index (χ3v) is 1.97. The Hall–Kier alpha value is -1.36. The molecule has 1 heterocycles. The number of hydrogen-bond donors (Lipinski definition) is 1. The second-order valence-electron chi connectivity index (χ2n) is 3.40. The van der Waals surface area contributed by atoms with E-state index in [4.69, 9.17) is 5.73 Å². The van der Waals surface area contributed by atoms with E-state index < -0.39 is 0 Å². The van der Waals surface area contributed by atoms with Crippen molar-refractivity contribution in [3.8, 4) is 0 Å². The van der Waals surface area contributed by atoms with Gasteiger partial charge in [0, 0.05) is 33.0 Å². The van der Waals surface area contributed by atoms with E-state index in [1.165, 1.54) is 0 Å². The molecule has 0 radical (unpaired) electrons. The molecule has 2 N–H and O–H groups in total. The average molecular weight is 196 g/mol. The largest absolute Gasteiger partial charge is 0.348 e. The predicted octanol–water partition coefficient (Wildman–Crippen LogP) is -0.135. The highest BCUT2D eigenvalue weighted by Crippen LogP contribution is 2.08. The fraction of sp³-hybridized carbons (Fsp3) is 0.556. The van der Waals surface area contributed by atoms with Crippen LogP contribution in [0.2, 0.25) is 0 Å². The van der Waals surface area contributed by atoms with Crippen LogP contribution in [-0.4, -0.2) is 36.0 Å². The number of imidazole rings is 1. The maximum Gasteiger partial charge on any atom is 0.204 e. The van der Waals surface area contributed by atoms with E-state index in [-0.39, 0.29) is 6.04 Å². The minimum Gasteiger partial charge on any atom is -0.348 e. The molecular formula is C9H16N4O. The van der Waals surface area contributed by atoms with Gasteiger partial charge in [0.1, 0.15) is 6.29 Å². The number of carbonyl (C=O) groups is 1. The van der Waals surface area contributed by atoms with E-state index in [0.717, 1.165) is 12.2 Å². The van der Waals surface area contributed by atoms with Crippen LogP contribution in [0.5, 0.6) is 0 Å². The number of nitrogens with two attached hydrogens (primary N) is 1. The summed E-state index contributed by atoms with van der Waals surface area (Å²) in [5.74, 6) is 0.878. The highest BCUT2D eigenvalue weighted by Gasteiger charge is 2.06. The molecule has 1 unspecified atom stereocenters. The third kappa shape index (κ3) is 2.56. The van der Waals surface area contributed by atoms with Crippen molar-refractivity contribution in [2.45, 2.75) is 19.0 Å². The summed E-state index contributed by atoms with van der Waals surface area (Å²) >= 11 is 0. The van der Waals surface area contributed by atoms with Crippen molar-refractivity contribution in [2.24, 2.45) is 5.73 Å². The monoisotopic (exact) mass is 196 g/mol. The molecule has 0 saturated carbocycles. The summed E-state index contributed by atoms with van der Waals surface area (Å²) in [6.07, 6.45) is 5.03. The first-order chi connectivity index (χ1) is 6.65. The molecule has 78 valence electrons. The molecular weight excluding hydrogens is 180 g/mol. The number of hydrogen-bond acceptors (Lipinski definition) is 4. The Bertz CT molecular complexity index is 295. The normalized spacial score (nSPS) is 12.5. The Morgan fingerprint density at radius 3 is 3.00 bits per heavy atom. The summed E-state index contributed by atoms with van der Waals surface area (Å²) in [7, 11) is 3.86. The summed E-state index contributed by atoms with van der Waals surface area (Å²) in [6, 6.07) is -0.382. The molecule has 1 atom stereocenters. The first-order valence-electron chi connectivity index (χ1n) is 4.54. The number of anilines is 1. The van der Waals surface area contributed by atoms with Crippen molar-refractivity contribution in [2.75, 3.05) is 19.0 Å². The molecule has 0 aliphatic heterocycles. The fourth-order valence-corrected chi connectivity index (χ4v) is 1.22. The molecule has 0 fully saturated rings. The molecule has 5 nitrogen and oxygen atoms in total. The first-order valence-corrected chi connectivity index (χ1v) is 4.54. The Kier molecular flexibility index (Phi) is 3.64. The lowest BCUT2D eigenvalue weighted by Gasteiger charge is -2.14. The average Bonchev–Trinajstić information content (AvgIpc) is 2.62. The minimum absolute atomic E-state index is 0.382. The number of aldehydes is 1. The summed E-state index contributed by atoms with van der Waals surface area (Å²) in [6.45, 7) is 0.716. The van der Waals surface area contributed by atoms with Gasteiger partial charge in [-0.25, -0.2) is 4.98 Å². The van der Waals surface area contributed by atoms with Crippen LogP contribution in [0.15, 0.2) is 12.4 Å². The van der Waals surface area contributed by atoms with Gasteiger partial charge >= 0.3 is 0 Å². The van der Waals surface area contributed by atoms with Gasteiger partial charge in [0.05, 0.1) is 6.04 Å². The standard InChI is InChI=1S/C9H16N4O/c1-12(2)9-11-4-6-13(9)5-3-8(10)7-14/h4,6-8H,3,5,10H2,1-2H3. The Labute approximate surface area is 83.5 Å². The highest BCUT2D eigenvalue weighted by molar-refractivity contribution is 5.56. The van der Waals surface area contributed by atoms with Crippen molar-refractivity contribution in [3.63, 3.8) is 0 Å². The minimum atomic E-state index is -0.382. The zero-order chi connectivity index (χ0) is 10.6. The van der Waals surface area contributed by atoms with Crippen molar-refractivity contribution in [1.29, 1.82) is 0 Å². The van der Waals surface area contributed by atoms with E-state index in [9.17, 15) is 4.79 Å². The van der Waals surface area contributed by atoms with Gasteiger partial charge < -0.3 is 20.0 Å². The summed E-state index contributed by atoms with van der Waals surface area (Å²) in [4.78, 5) is 16.4. The number of carbonyl (C=O) groups excluding carboxylic acids is 1. The summed E-state index contributed by atoms with van der Waals surface area (Å²) in [5.41, 5.74) is 5.50. The number of nitrogens with zero attached hydrogens (tertiary/aromatic N) is 3. The quantitative estimate of drug-likeness (QED) is 0.666. The van der Waals surface area contributed by atoms with Crippen molar-refractivity contribution < 1.29 is 4.79 Å². The SMILES string of the molecule is CN(C)c1nccn1CCC(N)C=O. The second-order valence-corrected chi connectivity index (χ2v) is 3.40. The molecule has 1 rings (SSSR count). The van der Waals surface area contributed by atoms with Crippen molar-refractivity contribution >= 4 is 12.2 Å². The van der Waals surface area contributed by atoms with Crippen LogP contribution >= 0.6 is 0 Å². The maximum atomic E-state index is 10.3. The van der Waals surface area contributed by atoms with Crippen LogP contribution in [0.4, 0.5) is 5.95 Å². The zero-order valence-electron chi connectivity index (χ0n) is 8.55. The van der Waals surface area contributed by atoms with Gasteiger partial charge in [0.15, 0.2) is 0 Å². The van der Waals surface area contributed by atoms with Gasteiger partial charge in [-0.15, -0.1) is 0 Å². The van der Waals surface area contributed by atoms with Crippen LogP contribution in [-0.2, 0) is 11.3 Å². The van der Waals surface area contributed by atoms with E-state index in [2.05, 4.69) is 4.98 Å². The van der Waals surface area contributed by atoms with Crippen LogP contribution in [0.3, 0.4) is 0 Å². The predicted molar refractivity (Wildman–Crippen MR) is 55.2 cm³/mol. The summed E-state index contributed by atoms with van der Waals surface area (Å²) < 4.78 is 1.98. The molecule has 0 aliphatic carbocycles. The number of rotatable bonds is 5. The molecule has 14 heavy (non-hydrogen) atoms. The van der Waals surface area contributed by atoms with Gasteiger partial charge in [0.25, 0.3) is 0 Å². The van der Waals surface area contributed by atoms with Gasteiger partial charge in [-0.1, -0.05) is 0 Å². The van der Waals surface area contributed by atoms with Gasteiger partial charge in [-0.3, -0.25) is 0 Å². The maximum absolute atomic E-state index is 10.3. The molecule has 0 aliphatic rings. The number of aromatic nitrogens is 2. The molecule has 0 spiro atoms. The topological polar surface area (TPSA) is 64.2 Å². The molecule has 0 saturated heterocycles. The Morgan fingerprint density at radius 1 is 1.71 bits per heavy atom. The smallest absolute Gasteiger partial charge is 0.204 e. The Balaban J connectivity index is 2.58. The molecule has 0 amide bonds. The van der Waals surface area contributed by atoms with E-state index in [0.29, 0.717) is 13.0 Å². The first kappa shape index (κ1) is 10.7. The lowest BCUT2D eigenvalue weighted by atomic mass is 10.2. The molecule has 0 bridgehead atoms. The second kappa shape index (κ2) is 4.76. The van der Waals surface area contributed by atoms with Crippen molar-refractivity contribution in [3.05, 3.63) is 12.4 Å². The Morgan fingerprint density at radius 2 is 2.43 bits per heavy atom. The lowest BCUT2D eigenvalue weighted by Crippen LogP contribution is -2.24.